The van der Waals surface area contributed by atoms with Crippen molar-refractivity contribution in [2.24, 2.45) is 0 Å². The Labute approximate surface area is 156 Å². The second-order valence-electron chi connectivity index (χ2n) is 6.67. The molecular formula is C20H26N2O3S. The Morgan fingerprint density at radius 1 is 0.923 bits per heavy atom. The predicted octanol–water partition coefficient (Wildman–Crippen LogP) is 2.69. The molecule has 1 heterocycles. The highest BCUT2D eigenvalue weighted by Crippen LogP contribution is 2.19. The van der Waals surface area contributed by atoms with Crippen molar-refractivity contribution in [3.05, 3.63) is 59.7 Å². The number of hydrogen-bond donors (Lipinski definition) is 0. The van der Waals surface area contributed by atoms with Crippen LogP contribution in [0.15, 0.2) is 53.4 Å². The average Bonchev–Trinajstić information content (AvgIpc) is 2.64. The summed E-state index contributed by atoms with van der Waals surface area (Å²) in [5, 5.41) is 0. The number of para-hydroxylation sites is 1. The van der Waals surface area contributed by atoms with Gasteiger partial charge in [-0.3, -0.25) is 4.90 Å². The Kier molecular flexibility index (Phi) is 5.96. The molecule has 0 unspecified atom stereocenters. The molecule has 5 nitrogen and oxygen atoms in total. The van der Waals surface area contributed by atoms with Gasteiger partial charge in [0.2, 0.25) is 10.0 Å². The van der Waals surface area contributed by atoms with E-state index in [1.54, 1.807) is 16.4 Å². The van der Waals surface area contributed by atoms with E-state index in [9.17, 15) is 8.42 Å². The van der Waals surface area contributed by atoms with E-state index in [0.29, 0.717) is 24.6 Å². The van der Waals surface area contributed by atoms with E-state index in [2.05, 4.69) is 4.90 Å². The molecule has 1 aliphatic rings. The van der Waals surface area contributed by atoms with Gasteiger partial charge >= 0.3 is 0 Å². The summed E-state index contributed by atoms with van der Waals surface area (Å²) in [7, 11) is -3.40. The van der Waals surface area contributed by atoms with Gasteiger partial charge in [-0.15, -0.1) is 0 Å². The zero-order valence-electron chi connectivity index (χ0n) is 15.4. The molecule has 0 amide bonds. The van der Waals surface area contributed by atoms with Gasteiger partial charge in [0.05, 0.1) is 4.90 Å². The van der Waals surface area contributed by atoms with Gasteiger partial charge in [-0.25, -0.2) is 8.42 Å². The molecule has 0 aromatic heterocycles. The minimum Gasteiger partial charge on any atom is -0.492 e. The van der Waals surface area contributed by atoms with E-state index in [0.717, 1.165) is 36.5 Å². The highest BCUT2D eigenvalue weighted by molar-refractivity contribution is 7.89. The van der Waals surface area contributed by atoms with Crippen LogP contribution < -0.4 is 4.74 Å². The van der Waals surface area contributed by atoms with Gasteiger partial charge < -0.3 is 4.74 Å². The Morgan fingerprint density at radius 2 is 1.58 bits per heavy atom. The molecule has 1 saturated heterocycles. The van der Waals surface area contributed by atoms with Crippen LogP contribution in [0.5, 0.6) is 5.75 Å². The van der Waals surface area contributed by atoms with Gasteiger partial charge in [-0.1, -0.05) is 35.9 Å². The molecule has 0 radical (unpaired) electrons. The van der Waals surface area contributed by atoms with Crippen molar-refractivity contribution >= 4 is 10.0 Å². The van der Waals surface area contributed by atoms with Crippen molar-refractivity contribution in [1.82, 2.24) is 9.21 Å². The summed E-state index contributed by atoms with van der Waals surface area (Å²) >= 11 is 0. The first-order valence-corrected chi connectivity index (χ1v) is 10.4. The second kappa shape index (κ2) is 8.20. The molecular weight excluding hydrogens is 348 g/mol. The third kappa shape index (κ3) is 4.44. The fraction of sp³-hybridized carbons (Fsp3) is 0.400. The van der Waals surface area contributed by atoms with Gasteiger partial charge in [0, 0.05) is 32.7 Å². The van der Waals surface area contributed by atoms with E-state index in [1.165, 1.54) is 0 Å². The minimum atomic E-state index is -3.40. The molecule has 1 aliphatic heterocycles. The quantitative estimate of drug-likeness (QED) is 0.780. The number of aryl methyl sites for hydroxylation is 2. The fourth-order valence-electron chi connectivity index (χ4n) is 3.06. The van der Waals surface area contributed by atoms with Crippen LogP contribution in [0.1, 0.15) is 11.1 Å². The number of sulfonamides is 1. The van der Waals surface area contributed by atoms with E-state index in [-0.39, 0.29) is 0 Å². The molecule has 140 valence electrons. The van der Waals surface area contributed by atoms with E-state index < -0.39 is 10.0 Å². The van der Waals surface area contributed by atoms with Crippen LogP contribution in [0.25, 0.3) is 0 Å². The maximum absolute atomic E-state index is 12.7. The SMILES string of the molecule is Cc1ccc(S(=O)(=O)N2CCN(CCOc3ccccc3C)CC2)cc1. The molecule has 2 aromatic rings. The zero-order chi connectivity index (χ0) is 18.6. The first-order valence-electron chi connectivity index (χ1n) is 8.94. The van der Waals surface area contributed by atoms with Gasteiger partial charge in [0.25, 0.3) is 0 Å². The Hall–Kier alpha value is -1.89. The molecule has 0 saturated carbocycles. The van der Waals surface area contributed by atoms with Crippen molar-refractivity contribution in [2.45, 2.75) is 18.7 Å². The Bertz CT molecular complexity index is 826. The van der Waals surface area contributed by atoms with Crippen molar-refractivity contribution < 1.29 is 13.2 Å². The minimum absolute atomic E-state index is 0.374. The maximum atomic E-state index is 12.7. The van der Waals surface area contributed by atoms with Gasteiger partial charge in [0.15, 0.2) is 0 Å². The highest BCUT2D eigenvalue weighted by atomic mass is 32.2. The lowest BCUT2D eigenvalue weighted by molar-refractivity contribution is 0.158. The zero-order valence-corrected chi connectivity index (χ0v) is 16.2. The average molecular weight is 375 g/mol. The van der Waals surface area contributed by atoms with Crippen LogP contribution in [-0.2, 0) is 10.0 Å². The largest absolute Gasteiger partial charge is 0.492 e. The van der Waals surface area contributed by atoms with Crippen LogP contribution in [0, 0.1) is 13.8 Å². The van der Waals surface area contributed by atoms with E-state index >= 15 is 0 Å². The normalized spacial score (nSPS) is 16.5. The molecule has 0 bridgehead atoms. The highest BCUT2D eigenvalue weighted by Gasteiger charge is 2.28. The van der Waals surface area contributed by atoms with Crippen molar-refractivity contribution in [2.75, 3.05) is 39.3 Å². The summed E-state index contributed by atoms with van der Waals surface area (Å²) in [5.74, 6) is 0.910. The maximum Gasteiger partial charge on any atom is 0.243 e. The van der Waals surface area contributed by atoms with Crippen LogP contribution >= 0.6 is 0 Å². The Balaban J connectivity index is 1.49. The van der Waals surface area contributed by atoms with E-state index in [4.69, 9.17) is 4.74 Å². The molecule has 0 atom stereocenters. The number of ether oxygens (including phenoxy) is 1. The molecule has 3 rings (SSSR count). The smallest absolute Gasteiger partial charge is 0.243 e. The van der Waals surface area contributed by atoms with Crippen LogP contribution in [0.4, 0.5) is 0 Å². The summed E-state index contributed by atoms with van der Waals surface area (Å²) in [6.07, 6.45) is 0. The number of hydrogen-bond acceptors (Lipinski definition) is 4. The summed E-state index contributed by atoms with van der Waals surface area (Å²) < 4.78 is 32.9. The number of rotatable bonds is 6. The molecule has 2 aromatic carbocycles. The number of nitrogens with zero attached hydrogens (tertiary/aromatic N) is 2. The summed E-state index contributed by atoms with van der Waals surface area (Å²) in [5.41, 5.74) is 2.18. The molecule has 26 heavy (non-hydrogen) atoms. The van der Waals surface area contributed by atoms with Crippen molar-refractivity contribution in [3.63, 3.8) is 0 Å². The first kappa shape index (κ1) is 18.9. The summed E-state index contributed by atoms with van der Waals surface area (Å²) in [4.78, 5) is 2.62. The van der Waals surface area contributed by atoms with Crippen molar-refractivity contribution in [3.8, 4) is 5.75 Å². The lowest BCUT2D eigenvalue weighted by Gasteiger charge is -2.33. The molecule has 0 spiro atoms. The fourth-order valence-corrected chi connectivity index (χ4v) is 4.48. The van der Waals surface area contributed by atoms with E-state index in [1.807, 2.05) is 50.2 Å². The molecule has 6 heteroatoms. The second-order valence-corrected chi connectivity index (χ2v) is 8.61. The molecule has 0 N–H and O–H groups in total. The van der Waals surface area contributed by atoms with Gasteiger partial charge in [-0.05, 0) is 37.6 Å². The van der Waals surface area contributed by atoms with Crippen molar-refractivity contribution in [1.29, 1.82) is 0 Å². The number of benzene rings is 2. The summed E-state index contributed by atoms with van der Waals surface area (Å²) in [6.45, 7) is 7.87. The summed E-state index contributed by atoms with van der Waals surface area (Å²) in [6, 6.07) is 15.0. The Morgan fingerprint density at radius 3 is 2.23 bits per heavy atom. The lowest BCUT2D eigenvalue weighted by atomic mass is 10.2. The van der Waals surface area contributed by atoms with Crippen LogP contribution in [0.2, 0.25) is 0 Å². The third-order valence-electron chi connectivity index (χ3n) is 4.75. The third-order valence-corrected chi connectivity index (χ3v) is 6.66. The standard InChI is InChI=1S/C20H26N2O3S/c1-17-7-9-19(10-8-17)26(23,24)22-13-11-21(12-14-22)15-16-25-20-6-4-3-5-18(20)2/h3-10H,11-16H2,1-2H3. The van der Waals surface area contributed by atoms with Crippen LogP contribution in [-0.4, -0.2) is 57.0 Å². The lowest BCUT2D eigenvalue weighted by Crippen LogP contribution is -2.49. The monoisotopic (exact) mass is 374 g/mol. The first-order chi connectivity index (χ1) is 12.5. The predicted molar refractivity (Wildman–Crippen MR) is 103 cm³/mol. The van der Waals surface area contributed by atoms with Crippen LogP contribution in [0.3, 0.4) is 0 Å². The molecule has 1 fully saturated rings. The molecule has 0 aliphatic carbocycles. The van der Waals surface area contributed by atoms with Gasteiger partial charge in [0.1, 0.15) is 12.4 Å². The number of piperazine rings is 1. The van der Waals surface area contributed by atoms with Gasteiger partial charge in [-0.2, -0.15) is 4.31 Å². The topological polar surface area (TPSA) is 49.9 Å².